The Morgan fingerprint density at radius 3 is 2.95 bits per heavy atom. The van der Waals surface area contributed by atoms with Gasteiger partial charge < -0.3 is 14.3 Å². The third kappa shape index (κ3) is 3.16. The first-order chi connectivity index (χ1) is 9.13. The minimum Gasteiger partial charge on any atom is -0.463 e. The lowest BCUT2D eigenvalue weighted by atomic mass is 9.91. The number of esters is 1. The number of hydrogen-bond donors (Lipinski definition) is 1. The maximum atomic E-state index is 11.5. The van der Waals surface area contributed by atoms with Gasteiger partial charge in [-0.2, -0.15) is 0 Å². The van der Waals surface area contributed by atoms with Gasteiger partial charge in [0.05, 0.1) is 19.5 Å². The van der Waals surface area contributed by atoms with Gasteiger partial charge in [-0.3, -0.25) is 4.90 Å². The van der Waals surface area contributed by atoms with E-state index in [1.165, 1.54) is 13.4 Å². The molecule has 5 heteroatoms. The molecular formula is C14H21NO4. The molecule has 0 radical (unpaired) electrons. The number of hydrogen-bond acceptors (Lipinski definition) is 5. The molecule has 0 amide bonds. The van der Waals surface area contributed by atoms with Crippen LogP contribution in [0.2, 0.25) is 0 Å². The number of carbonyl (C=O) groups excluding carboxylic acids is 1. The van der Waals surface area contributed by atoms with E-state index in [0.29, 0.717) is 6.54 Å². The van der Waals surface area contributed by atoms with Gasteiger partial charge in [0, 0.05) is 18.2 Å². The molecule has 0 aromatic carbocycles. The number of carbonyl (C=O) groups is 1. The highest BCUT2D eigenvalue weighted by atomic mass is 16.5. The van der Waals surface area contributed by atoms with Crippen molar-refractivity contribution in [1.29, 1.82) is 0 Å². The van der Waals surface area contributed by atoms with E-state index >= 15 is 0 Å². The number of methoxy groups -OCH3 is 1. The molecule has 1 N–H and O–H groups in total. The highest BCUT2D eigenvalue weighted by Gasteiger charge is 2.28. The average Bonchev–Trinajstić information content (AvgIpc) is 2.86. The van der Waals surface area contributed by atoms with Crippen molar-refractivity contribution in [3.63, 3.8) is 0 Å². The smallest absolute Gasteiger partial charge is 0.374 e. The molecule has 2 unspecified atom stereocenters. The van der Waals surface area contributed by atoms with Crippen molar-refractivity contribution in [3.8, 4) is 0 Å². The van der Waals surface area contributed by atoms with Crippen LogP contribution in [0, 0.1) is 0 Å². The lowest BCUT2D eigenvalue weighted by Crippen LogP contribution is -2.43. The van der Waals surface area contributed by atoms with Crippen molar-refractivity contribution >= 4 is 5.97 Å². The summed E-state index contributed by atoms with van der Waals surface area (Å²) in [7, 11) is 3.30. The Bertz CT molecular complexity index is 429. The first kappa shape index (κ1) is 14.1. The highest BCUT2D eigenvalue weighted by molar-refractivity contribution is 5.87. The van der Waals surface area contributed by atoms with Gasteiger partial charge in [0.15, 0.2) is 0 Å². The van der Waals surface area contributed by atoms with Gasteiger partial charge in [-0.15, -0.1) is 0 Å². The number of likely N-dealkylation sites (N-methyl/N-ethyl adjacent to an activating group) is 1. The van der Waals surface area contributed by atoms with Crippen molar-refractivity contribution < 1.29 is 19.1 Å². The molecule has 1 aliphatic rings. The van der Waals surface area contributed by atoms with Gasteiger partial charge in [-0.05, 0) is 26.0 Å². The van der Waals surface area contributed by atoms with E-state index in [0.717, 1.165) is 31.2 Å². The SMILES string of the molecule is COC(=O)c1occc1CN(C)C1CCCCC1O. The second kappa shape index (κ2) is 6.21. The minimum absolute atomic E-state index is 0.147. The van der Waals surface area contributed by atoms with E-state index in [4.69, 9.17) is 4.42 Å². The zero-order chi connectivity index (χ0) is 13.8. The summed E-state index contributed by atoms with van der Waals surface area (Å²) in [5.74, 6) is -0.211. The maximum absolute atomic E-state index is 11.5. The topological polar surface area (TPSA) is 62.9 Å². The molecule has 0 spiro atoms. The number of nitrogens with zero attached hydrogens (tertiary/aromatic N) is 1. The number of aliphatic hydroxyl groups excluding tert-OH is 1. The Morgan fingerprint density at radius 2 is 2.26 bits per heavy atom. The third-order valence-electron chi connectivity index (χ3n) is 3.80. The number of ether oxygens (including phenoxy) is 1. The first-order valence-corrected chi connectivity index (χ1v) is 6.66. The molecule has 1 aromatic heterocycles. The molecule has 1 aliphatic carbocycles. The van der Waals surface area contributed by atoms with Gasteiger partial charge in [-0.25, -0.2) is 4.79 Å². The number of furan rings is 1. The van der Waals surface area contributed by atoms with Crippen LogP contribution in [0.15, 0.2) is 16.7 Å². The summed E-state index contributed by atoms with van der Waals surface area (Å²) in [6, 6.07) is 1.92. The van der Waals surface area contributed by atoms with Gasteiger partial charge in [0.2, 0.25) is 5.76 Å². The van der Waals surface area contributed by atoms with Gasteiger partial charge in [0.25, 0.3) is 0 Å². The highest BCUT2D eigenvalue weighted by Crippen LogP contribution is 2.24. The zero-order valence-corrected chi connectivity index (χ0v) is 11.5. The lowest BCUT2D eigenvalue weighted by molar-refractivity contribution is 0.0283. The van der Waals surface area contributed by atoms with Gasteiger partial charge >= 0.3 is 5.97 Å². The Labute approximate surface area is 113 Å². The second-order valence-corrected chi connectivity index (χ2v) is 5.10. The average molecular weight is 267 g/mol. The second-order valence-electron chi connectivity index (χ2n) is 5.10. The van der Waals surface area contributed by atoms with Crippen molar-refractivity contribution in [2.75, 3.05) is 14.2 Å². The molecule has 106 valence electrons. The van der Waals surface area contributed by atoms with Gasteiger partial charge in [-0.1, -0.05) is 12.8 Å². The molecule has 2 rings (SSSR count). The van der Waals surface area contributed by atoms with Crippen LogP contribution in [-0.2, 0) is 11.3 Å². The van der Waals surface area contributed by atoms with Crippen LogP contribution < -0.4 is 0 Å². The van der Waals surface area contributed by atoms with Crippen LogP contribution >= 0.6 is 0 Å². The molecule has 1 saturated carbocycles. The van der Waals surface area contributed by atoms with Crippen molar-refractivity contribution in [2.24, 2.45) is 0 Å². The molecule has 19 heavy (non-hydrogen) atoms. The van der Waals surface area contributed by atoms with Crippen LogP contribution in [0.1, 0.15) is 41.8 Å². The molecule has 0 aliphatic heterocycles. The van der Waals surface area contributed by atoms with E-state index in [9.17, 15) is 9.90 Å². The van der Waals surface area contributed by atoms with Crippen LogP contribution in [0.25, 0.3) is 0 Å². The minimum atomic E-state index is -0.461. The summed E-state index contributed by atoms with van der Waals surface area (Å²) in [5.41, 5.74) is 0.798. The van der Waals surface area contributed by atoms with Crippen molar-refractivity contribution in [2.45, 2.75) is 44.4 Å². The molecular weight excluding hydrogens is 246 g/mol. The summed E-state index contributed by atoms with van der Waals surface area (Å²) in [5, 5.41) is 10.0. The van der Waals surface area contributed by atoms with E-state index in [1.807, 2.05) is 7.05 Å². The summed E-state index contributed by atoms with van der Waals surface area (Å²) in [6.07, 6.45) is 5.28. The van der Waals surface area contributed by atoms with E-state index in [-0.39, 0.29) is 17.9 Å². The molecule has 0 saturated heterocycles. The fourth-order valence-corrected chi connectivity index (χ4v) is 2.72. The van der Waals surface area contributed by atoms with E-state index in [2.05, 4.69) is 9.64 Å². The number of rotatable bonds is 4. The molecule has 5 nitrogen and oxygen atoms in total. The van der Waals surface area contributed by atoms with Crippen LogP contribution in [0.3, 0.4) is 0 Å². The van der Waals surface area contributed by atoms with Crippen LogP contribution in [0.4, 0.5) is 0 Å². The van der Waals surface area contributed by atoms with Crippen LogP contribution in [0.5, 0.6) is 0 Å². The van der Waals surface area contributed by atoms with Crippen LogP contribution in [-0.4, -0.2) is 42.3 Å². The summed E-state index contributed by atoms with van der Waals surface area (Å²) in [4.78, 5) is 13.6. The third-order valence-corrected chi connectivity index (χ3v) is 3.80. The Balaban J connectivity index is 2.04. The standard InChI is InChI=1S/C14H21NO4/c1-15(11-5-3-4-6-12(11)16)9-10-7-8-19-13(10)14(17)18-2/h7-8,11-12,16H,3-6,9H2,1-2H3. The fraction of sp³-hybridized carbons (Fsp3) is 0.643. The van der Waals surface area contributed by atoms with E-state index < -0.39 is 5.97 Å². The normalized spacial score (nSPS) is 23.6. The first-order valence-electron chi connectivity index (χ1n) is 6.66. The predicted octanol–water partition coefficient (Wildman–Crippen LogP) is 1.80. The summed E-state index contributed by atoms with van der Waals surface area (Å²) < 4.78 is 9.85. The Kier molecular flexibility index (Phi) is 4.61. The molecule has 1 fully saturated rings. The molecule has 1 heterocycles. The Morgan fingerprint density at radius 1 is 1.53 bits per heavy atom. The van der Waals surface area contributed by atoms with Gasteiger partial charge in [0.1, 0.15) is 0 Å². The van der Waals surface area contributed by atoms with E-state index in [1.54, 1.807) is 6.07 Å². The molecule has 1 aromatic rings. The number of aliphatic hydroxyl groups is 1. The quantitative estimate of drug-likeness (QED) is 0.843. The summed E-state index contributed by atoms with van der Waals surface area (Å²) >= 11 is 0. The molecule has 2 atom stereocenters. The maximum Gasteiger partial charge on any atom is 0.374 e. The summed E-state index contributed by atoms with van der Waals surface area (Å²) in [6.45, 7) is 0.572. The lowest BCUT2D eigenvalue weighted by Gasteiger charge is -2.35. The fourth-order valence-electron chi connectivity index (χ4n) is 2.72. The van der Waals surface area contributed by atoms with Crippen molar-refractivity contribution in [3.05, 3.63) is 23.7 Å². The predicted molar refractivity (Wildman–Crippen MR) is 69.8 cm³/mol. The monoisotopic (exact) mass is 267 g/mol. The van der Waals surface area contributed by atoms with Crippen molar-refractivity contribution in [1.82, 2.24) is 4.90 Å². The zero-order valence-electron chi connectivity index (χ0n) is 11.5. The Hall–Kier alpha value is -1.33. The largest absolute Gasteiger partial charge is 0.463 e. The molecule has 0 bridgehead atoms.